The molecule has 2 heterocycles. The fourth-order valence-electron chi connectivity index (χ4n) is 2.00. The highest BCUT2D eigenvalue weighted by atomic mass is 35.5. The van der Waals surface area contributed by atoms with Gasteiger partial charge in [0.2, 0.25) is 0 Å². The van der Waals surface area contributed by atoms with Crippen LogP contribution < -0.4 is 0 Å². The molecule has 1 aromatic carbocycles. The standard InChI is InChI=1S/C13H11ClN2O2/c1-16-12(9(14)7-15-16)13(17)11-6-8-4-2-3-5-10(8)18-11/h2-7,13,17H,1H3. The van der Waals surface area contributed by atoms with E-state index >= 15 is 0 Å². The van der Waals surface area contributed by atoms with Crippen LogP contribution in [0.4, 0.5) is 0 Å². The average molecular weight is 263 g/mol. The number of fused-ring (bicyclic) bond motifs is 1. The largest absolute Gasteiger partial charge is 0.458 e. The Morgan fingerprint density at radius 2 is 2.17 bits per heavy atom. The number of aliphatic hydroxyl groups is 1. The Balaban J connectivity index is 2.09. The van der Waals surface area contributed by atoms with Crippen LogP contribution in [0.15, 0.2) is 40.9 Å². The number of aliphatic hydroxyl groups excluding tert-OH is 1. The molecule has 0 aliphatic rings. The fraction of sp³-hybridized carbons (Fsp3) is 0.154. The zero-order chi connectivity index (χ0) is 12.7. The molecule has 3 rings (SSSR count). The Labute approximate surface area is 108 Å². The van der Waals surface area contributed by atoms with Gasteiger partial charge in [0.15, 0.2) is 6.10 Å². The summed E-state index contributed by atoms with van der Waals surface area (Å²) in [4.78, 5) is 0. The highest BCUT2D eigenvalue weighted by molar-refractivity contribution is 6.31. The van der Waals surface area contributed by atoms with Crippen molar-refractivity contribution in [3.05, 3.63) is 53.0 Å². The van der Waals surface area contributed by atoms with Crippen molar-refractivity contribution in [1.82, 2.24) is 9.78 Å². The zero-order valence-electron chi connectivity index (χ0n) is 9.67. The van der Waals surface area contributed by atoms with Gasteiger partial charge in [-0.15, -0.1) is 0 Å². The summed E-state index contributed by atoms with van der Waals surface area (Å²) >= 11 is 6.00. The van der Waals surface area contributed by atoms with Crippen LogP contribution in [-0.4, -0.2) is 14.9 Å². The maximum absolute atomic E-state index is 10.3. The molecule has 5 heteroatoms. The van der Waals surface area contributed by atoms with Gasteiger partial charge in [0.05, 0.1) is 16.9 Å². The van der Waals surface area contributed by atoms with Gasteiger partial charge in [-0.3, -0.25) is 4.68 Å². The molecule has 1 unspecified atom stereocenters. The van der Waals surface area contributed by atoms with Crippen LogP contribution in [0.25, 0.3) is 11.0 Å². The Morgan fingerprint density at radius 1 is 1.39 bits per heavy atom. The molecule has 4 nitrogen and oxygen atoms in total. The van der Waals surface area contributed by atoms with Crippen molar-refractivity contribution in [1.29, 1.82) is 0 Å². The van der Waals surface area contributed by atoms with E-state index in [4.69, 9.17) is 16.0 Å². The number of aryl methyl sites for hydroxylation is 1. The summed E-state index contributed by atoms with van der Waals surface area (Å²) in [6.45, 7) is 0. The van der Waals surface area contributed by atoms with Gasteiger partial charge < -0.3 is 9.52 Å². The Hall–Kier alpha value is -1.78. The minimum Gasteiger partial charge on any atom is -0.458 e. The lowest BCUT2D eigenvalue weighted by atomic mass is 10.2. The monoisotopic (exact) mass is 262 g/mol. The third-order valence-electron chi connectivity index (χ3n) is 2.91. The smallest absolute Gasteiger partial charge is 0.155 e. The summed E-state index contributed by atoms with van der Waals surface area (Å²) in [6, 6.07) is 9.41. The molecule has 18 heavy (non-hydrogen) atoms. The van der Waals surface area contributed by atoms with Crippen LogP contribution in [-0.2, 0) is 7.05 Å². The highest BCUT2D eigenvalue weighted by Crippen LogP contribution is 2.31. The number of aromatic nitrogens is 2. The van der Waals surface area contributed by atoms with E-state index in [-0.39, 0.29) is 0 Å². The molecule has 0 aliphatic heterocycles. The highest BCUT2D eigenvalue weighted by Gasteiger charge is 2.21. The van der Waals surface area contributed by atoms with Crippen molar-refractivity contribution >= 4 is 22.6 Å². The second kappa shape index (κ2) is 4.15. The molecule has 0 saturated carbocycles. The molecule has 3 aromatic rings. The summed E-state index contributed by atoms with van der Waals surface area (Å²) in [6.07, 6.45) is 0.584. The first-order valence-corrected chi connectivity index (χ1v) is 5.88. The Bertz CT molecular complexity index is 649. The first-order valence-electron chi connectivity index (χ1n) is 5.51. The van der Waals surface area contributed by atoms with Gasteiger partial charge in [-0.05, 0) is 12.1 Å². The van der Waals surface area contributed by atoms with Crippen LogP contribution in [0.1, 0.15) is 17.6 Å². The van der Waals surface area contributed by atoms with Gasteiger partial charge >= 0.3 is 0 Å². The van der Waals surface area contributed by atoms with Gasteiger partial charge in [-0.25, -0.2) is 0 Å². The molecule has 1 atom stereocenters. The molecule has 0 bridgehead atoms. The molecule has 0 amide bonds. The Kier molecular flexibility index (Phi) is 2.61. The van der Waals surface area contributed by atoms with Gasteiger partial charge in [0, 0.05) is 12.4 Å². The van der Waals surface area contributed by atoms with Crippen LogP contribution >= 0.6 is 11.6 Å². The quantitative estimate of drug-likeness (QED) is 0.773. The van der Waals surface area contributed by atoms with Crippen LogP contribution in [0.2, 0.25) is 5.02 Å². The average Bonchev–Trinajstić information content (AvgIpc) is 2.92. The number of hydrogen-bond donors (Lipinski definition) is 1. The normalized spacial score (nSPS) is 13.1. The fourth-order valence-corrected chi connectivity index (χ4v) is 2.27. The third-order valence-corrected chi connectivity index (χ3v) is 3.20. The van der Waals surface area contributed by atoms with E-state index in [0.717, 1.165) is 11.0 Å². The third kappa shape index (κ3) is 1.70. The van der Waals surface area contributed by atoms with E-state index in [1.54, 1.807) is 11.7 Å². The summed E-state index contributed by atoms with van der Waals surface area (Å²) < 4.78 is 7.16. The van der Waals surface area contributed by atoms with E-state index in [2.05, 4.69) is 5.10 Å². The first kappa shape index (κ1) is 11.3. The second-order valence-corrected chi connectivity index (χ2v) is 4.50. The summed E-state index contributed by atoms with van der Waals surface area (Å²) in [5.41, 5.74) is 1.26. The molecular weight excluding hydrogens is 252 g/mol. The van der Waals surface area contributed by atoms with Gasteiger partial charge in [0.25, 0.3) is 0 Å². The van der Waals surface area contributed by atoms with E-state index < -0.39 is 6.10 Å². The Morgan fingerprint density at radius 3 is 2.83 bits per heavy atom. The summed E-state index contributed by atoms with van der Waals surface area (Å²) in [7, 11) is 1.73. The molecule has 0 saturated heterocycles. The molecule has 0 spiro atoms. The topological polar surface area (TPSA) is 51.2 Å². The summed E-state index contributed by atoms with van der Waals surface area (Å²) in [5.74, 6) is 0.460. The molecule has 0 radical (unpaired) electrons. The van der Waals surface area contributed by atoms with E-state index in [0.29, 0.717) is 16.5 Å². The zero-order valence-corrected chi connectivity index (χ0v) is 10.4. The molecule has 2 aromatic heterocycles. The lowest BCUT2D eigenvalue weighted by Gasteiger charge is -2.08. The van der Waals surface area contributed by atoms with E-state index in [9.17, 15) is 5.11 Å². The molecule has 92 valence electrons. The van der Waals surface area contributed by atoms with E-state index in [1.165, 1.54) is 6.20 Å². The second-order valence-electron chi connectivity index (χ2n) is 4.09. The number of rotatable bonds is 2. The van der Waals surface area contributed by atoms with Crippen molar-refractivity contribution in [2.24, 2.45) is 7.05 Å². The van der Waals surface area contributed by atoms with Crippen molar-refractivity contribution in [3.63, 3.8) is 0 Å². The molecule has 1 N–H and O–H groups in total. The number of nitrogens with zero attached hydrogens (tertiary/aromatic N) is 2. The molecule has 0 fully saturated rings. The number of hydrogen-bond acceptors (Lipinski definition) is 3. The predicted octanol–water partition coefficient (Wildman–Crippen LogP) is 2.90. The van der Waals surface area contributed by atoms with Crippen molar-refractivity contribution in [3.8, 4) is 0 Å². The number of para-hydroxylation sites is 1. The van der Waals surface area contributed by atoms with Gasteiger partial charge in [-0.2, -0.15) is 5.10 Å². The first-order chi connectivity index (χ1) is 8.66. The van der Waals surface area contributed by atoms with Crippen LogP contribution in [0, 0.1) is 0 Å². The van der Waals surface area contributed by atoms with Crippen LogP contribution in [0.3, 0.4) is 0 Å². The maximum Gasteiger partial charge on any atom is 0.155 e. The van der Waals surface area contributed by atoms with E-state index in [1.807, 2.05) is 30.3 Å². The number of benzene rings is 1. The minimum absolute atomic E-state index is 0.422. The lowest BCUT2D eigenvalue weighted by Crippen LogP contribution is -2.06. The van der Waals surface area contributed by atoms with Crippen molar-refractivity contribution < 1.29 is 9.52 Å². The maximum atomic E-state index is 10.3. The van der Waals surface area contributed by atoms with Crippen LogP contribution in [0.5, 0.6) is 0 Å². The van der Waals surface area contributed by atoms with Crippen molar-refractivity contribution in [2.75, 3.05) is 0 Å². The summed E-state index contributed by atoms with van der Waals surface area (Å²) in [5, 5.41) is 15.7. The lowest BCUT2D eigenvalue weighted by molar-refractivity contribution is 0.183. The SMILES string of the molecule is Cn1ncc(Cl)c1C(O)c1cc2ccccc2o1. The molecular formula is C13H11ClN2O2. The van der Waals surface area contributed by atoms with Crippen molar-refractivity contribution in [2.45, 2.75) is 6.10 Å². The number of halogens is 1. The van der Waals surface area contributed by atoms with Gasteiger partial charge in [-0.1, -0.05) is 29.8 Å². The minimum atomic E-state index is -0.919. The number of furan rings is 1. The predicted molar refractivity (Wildman–Crippen MR) is 68.5 cm³/mol. The van der Waals surface area contributed by atoms with Gasteiger partial charge in [0.1, 0.15) is 11.3 Å². The molecule has 0 aliphatic carbocycles.